The van der Waals surface area contributed by atoms with E-state index in [9.17, 15) is 19.8 Å². The molecular weight excluding hydrogens is 576 g/mol. The fourth-order valence-corrected chi connectivity index (χ4v) is 6.55. The Bertz CT molecular complexity index is 1150. The molecule has 0 aromatic heterocycles. The summed E-state index contributed by atoms with van der Waals surface area (Å²) in [4.78, 5) is 19.0. The molecule has 0 spiro atoms. The molecule has 0 bridgehead atoms. The summed E-state index contributed by atoms with van der Waals surface area (Å²) in [5, 5.41) is 34.9. The summed E-state index contributed by atoms with van der Waals surface area (Å²) < 4.78 is 0. The van der Waals surface area contributed by atoms with Gasteiger partial charge in [0.2, 0.25) is 0 Å². The topological polar surface area (TPSA) is 115 Å². The van der Waals surface area contributed by atoms with Crippen molar-refractivity contribution in [1.82, 2.24) is 0 Å². The third kappa shape index (κ3) is 13.8. The summed E-state index contributed by atoms with van der Waals surface area (Å²) in [5.74, 6) is 2.28. The van der Waals surface area contributed by atoms with Crippen molar-refractivity contribution in [2.45, 2.75) is 90.4 Å². The van der Waals surface area contributed by atoms with Gasteiger partial charge in [-0.05, 0) is 90.5 Å². The standard InChI is InChI=1S/C32H46O2.2C4H6O2/c1-2-3-4-5-26-12-17-31-21-30(19-18-29(31)20-26)27-13-8-24(9-14-27)6-7-25-10-15-28(16-11-25)32(22-33)23-34;2*1-4(2-5)3-6/h8-9,13-14,18-19,21,25-26,28,32-34H,2-7,10-12,15-17,20,22-23H2,1H3;2*2,6H,1,3H2. The number of hydrogen-bond acceptors (Lipinski definition) is 6. The molecule has 1 atom stereocenters. The van der Waals surface area contributed by atoms with E-state index in [0.717, 1.165) is 31.1 Å². The Morgan fingerprint density at radius 3 is 1.89 bits per heavy atom. The average Bonchev–Trinajstić information content (AvgIpc) is 3.11. The third-order valence-electron chi connectivity index (χ3n) is 9.65. The number of unbranched alkanes of at least 4 members (excludes halogenated alkanes) is 2. The van der Waals surface area contributed by atoms with Crippen molar-refractivity contribution < 1.29 is 30.0 Å². The van der Waals surface area contributed by atoms with Crippen molar-refractivity contribution in [3.63, 3.8) is 0 Å². The van der Waals surface area contributed by atoms with Gasteiger partial charge in [0.1, 0.15) is 12.6 Å². The Labute approximate surface area is 277 Å². The summed E-state index contributed by atoms with van der Waals surface area (Å²) in [6, 6.07) is 16.5. The first-order valence-electron chi connectivity index (χ1n) is 17.2. The second-order valence-electron chi connectivity index (χ2n) is 13.1. The molecule has 0 amide bonds. The molecule has 0 saturated heterocycles. The number of rotatable bonds is 15. The molecule has 254 valence electrons. The zero-order valence-corrected chi connectivity index (χ0v) is 28.0. The minimum Gasteiger partial charge on any atom is -0.396 e. The Hall–Kier alpha value is -2.90. The Morgan fingerprint density at radius 2 is 1.37 bits per heavy atom. The molecule has 1 unspecified atom stereocenters. The predicted molar refractivity (Wildman–Crippen MR) is 188 cm³/mol. The van der Waals surface area contributed by atoms with Gasteiger partial charge in [-0.3, -0.25) is 9.59 Å². The Kier molecular flexibility index (Phi) is 19.3. The van der Waals surface area contributed by atoms with Crippen molar-refractivity contribution >= 4 is 12.6 Å². The molecule has 4 N–H and O–H groups in total. The zero-order chi connectivity index (χ0) is 33.7. The maximum Gasteiger partial charge on any atom is 0.147 e. The summed E-state index contributed by atoms with van der Waals surface area (Å²) in [6.45, 7) is 8.43. The van der Waals surface area contributed by atoms with Gasteiger partial charge in [0.25, 0.3) is 0 Å². The zero-order valence-electron chi connectivity index (χ0n) is 28.0. The number of fused-ring (bicyclic) bond motifs is 1. The van der Waals surface area contributed by atoms with Crippen LogP contribution in [0.1, 0.15) is 87.8 Å². The fraction of sp³-hybridized carbons (Fsp3) is 0.550. The smallest absolute Gasteiger partial charge is 0.147 e. The molecule has 4 rings (SSSR count). The highest BCUT2D eigenvalue weighted by atomic mass is 16.3. The third-order valence-corrected chi connectivity index (χ3v) is 9.65. The number of carbonyl (C=O) groups excluding carboxylic acids is 2. The summed E-state index contributed by atoms with van der Waals surface area (Å²) in [7, 11) is 0. The van der Waals surface area contributed by atoms with Gasteiger partial charge in [0.05, 0.1) is 13.2 Å². The van der Waals surface area contributed by atoms with Crippen LogP contribution in [0.15, 0.2) is 66.8 Å². The lowest BCUT2D eigenvalue weighted by atomic mass is 9.75. The van der Waals surface area contributed by atoms with Crippen molar-refractivity contribution in [2.24, 2.45) is 23.7 Å². The predicted octanol–water partition coefficient (Wildman–Crippen LogP) is 6.85. The van der Waals surface area contributed by atoms with Crippen LogP contribution < -0.4 is 0 Å². The molecule has 6 heteroatoms. The second kappa shape index (κ2) is 22.6. The number of aryl methyl sites for hydroxylation is 2. The summed E-state index contributed by atoms with van der Waals surface area (Å²) in [6.07, 6.45) is 17.7. The van der Waals surface area contributed by atoms with E-state index >= 15 is 0 Å². The van der Waals surface area contributed by atoms with Gasteiger partial charge in [0.15, 0.2) is 0 Å². The minimum absolute atomic E-state index is 0.0873. The average molecular weight is 635 g/mol. The normalized spacial score (nSPS) is 18.7. The first-order valence-corrected chi connectivity index (χ1v) is 17.2. The maximum atomic E-state index is 9.48. The lowest BCUT2D eigenvalue weighted by Gasteiger charge is -2.32. The van der Waals surface area contributed by atoms with Gasteiger partial charge in [-0.2, -0.15) is 0 Å². The molecule has 6 nitrogen and oxygen atoms in total. The molecule has 2 aromatic rings. The van der Waals surface area contributed by atoms with Gasteiger partial charge in [-0.25, -0.2) is 0 Å². The summed E-state index contributed by atoms with van der Waals surface area (Å²) in [5.41, 5.74) is 7.76. The highest BCUT2D eigenvalue weighted by Gasteiger charge is 2.26. The van der Waals surface area contributed by atoms with E-state index < -0.39 is 0 Å². The number of hydrogen-bond donors (Lipinski definition) is 4. The molecular formula is C40H58O6. The van der Waals surface area contributed by atoms with Crippen molar-refractivity contribution in [3.05, 3.63) is 83.5 Å². The number of aliphatic hydroxyl groups is 4. The Balaban J connectivity index is 0.000000522. The molecule has 2 aliphatic carbocycles. The van der Waals surface area contributed by atoms with Gasteiger partial charge in [-0.15, -0.1) is 0 Å². The van der Waals surface area contributed by atoms with E-state index in [1.54, 1.807) is 11.1 Å². The molecule has 0 radical (unpaired) electrons. The lowest BCUT2D eigenvalue weighted by molar-refractivity contribution is -0.106. The van der Waals surface area contributed by atoms with Crippen molar-refractivity contribution in [3.8, 4) is 11.1 Å². The van der Waals surface area contributed by atoms with Crippen molar-refractivity contribution in [1.29, 1.82) is 0 Å². The van der Waals surface area contributed by atoms with Crippen LogP contribution in [0.5, 0.6) is 0 Å². The van der Waals surface area contributed by atoms with Crippen LogP contribution >= 0.6 is 0 Å². The van der Waals surface area contributed by atoms with Gasteiger partial charge in [-0.1, -0.05) is 101 Å². The van der Waals surface area contributed by atoms with Crippen LogP contribution in [-0.2, 0) is 28.9 Å². The van der Waals surface area contributed by atoms with Crippen LogP contribution in [-0.4, -0.2) is 59.4 Å². The maximum absolute atomic E-state index is 9.48. The number of benzene rings is 2. The molecule has 2 aliphatic rings. The molecule has 1 fully saturated rings. The number of aldehydes is 2. The minimum atomic E-state index is -0.233. The van der Waals surface area contributed by atoms with Crippen LogP contribution in [0.3, 0.4) is 0 Å². The van der Waals surface area contributed by atoms with Crippen LogP contribution in [0.25, 0.3) is 11.1 Å². The number of aliphatic hydroxyl groups excluding tert-OH is 4. The summed E-state index contributed by atoms with van der Waals surface area (Å²) >= 11 is 0. The molecule has 0 aliphatic heterocycles. The fourth-order valence-electron chi connectivity index (χ4n) is 6.55. The van der Waals surface area contributed by atoms with E-state index in [1.807, 2.05) is 0 Å². The quantitative estimate of drug-likeness (QED) is 0.0968. The van der Waals surface area contributed by atoms with Crippen LogP contribution in [0, 0.1) is 23.7 Å². The number of carbonyl (C=O) groups is 2. The van der Waals surface area contributed by atoms with Gasteiger partial charge < -0.3 is 20.4 Å². The first kappa shape index (κ1) is 39.3. The highest BCUT2D eigenvalue weighted by molar-refractivity contribution is 5.72. The second-order valence-corrected chi connectivity index (χ2v) is 13.1. The lowest BCUT2D eigenvalue weighted by Crippen LogP contribution is -2.26. The van der Waals surface area contributed by atoms with Crippen molar-refractivity contribution in [2.75, 3.05) is 26.4 Å². The molecule has 46 heavy (non-hydrogen) atoms. The molecule has 0 heterocycles. The van der Waals surface area contributed by atoms with E-state index in [4.69, 9.17) is 10.2 Å². The van der Waals surface area contributed by atoms with E-state index in [-0.39, 0.29) is 43.5 Å². The molecule has 2 aromatic carbocycles. The Morgan fingerprint density at radius 1 is 0.761 bits per heavy atom. The monoisotopic (exact) mass is 634 g/mol. The molecule has 1 saturated carbocycles. The van der Waals surface area contributed by atoms with Gasteiger partial charge in [0, 0.05) is 30.3 Å². The van der Waals surface area contributed by atoms with Crippen LogP contribution in [0.2, 0.25) is 0 Å². The van der Waals surface area contributed by atoms with E-state index in [0.29, 0.717) is 18.5 Å². The largest absolute Gasteiger partial charge is 0.396 e. The van der Waals surface area contributed by atoms with E-state index in [2.05, 4.69) is 62.5 Å². The highest BCUT2D eigenvalue weighted by Crippen LogP contribution is 2.36. The SMILES string of the molecule is C=C(C=O)CO.C=C(C=O)CO.CCCCCC1CCc2cc(-c3ccc(CCC4CCC(C(CO)CO)CC4)cc3)ccc2C1. The van der Waals surface area contributed by atoms with Gasteiger partial charge >= 0.3 is 0 Å². The van der Waals surface area contributed by atoms with Crippen LogP contribution in [0.4, 0.5) is 0 Å². The van der Waals surface area contributed by atoms with E-state index in [1.165, 1.54) is 80.9 Å². The first-order chi connectivity index (χ1) is 22.3.